The van der Waals surface area contributed by atoms with Crippen LogP contribution in [0.1, 0.15) is 81.9 Å². The SMILES string of the molecule is Cc1cc(OCCCC(=O)NCCCOCCOCCOCCCNC(=O)OCc2ccccc2)cc(C)c1S(=O)(=O)NC(CNC(=O)C1=Nc2cc(CNc3nccn3C(c3ccccc3)(c3ccccc3)c3ccccc3)ccc2C(=O)C1C)C(=O)O. The Labute approximate surface area is 518 Å². The van der Waals surface area contributed by atoms with Gasteiger partial charge in [0, 0.05) is 63.8 Å². The van der Waals surface area contributed by atoms with Crippen molar-refractivity contribution in [2.45, 2.75) is 76.1 Å². The normalized spacial score (nSPS) is 13.4. The van der Waals surface area contributed by atoms with E-state index in [1.165, 1.54) is 19.1 Å². The van der Waals surface area contributed by atoms with E-state index in [9.17, 15) is 37.5 Å². The van der Waals surface area contributed by atoms with Gasteiger partial charge in [0.15, 0.2) is 5.78 Å². The lowest BCUT2D eigenvalue weighted by Crippen LogP contribution is -2.50. The molecular weight excluding hydrogens is 1160 g/mol. The number of Topliss-reactive ketones (excluding diaryl/α,β-unsaturated/α-hetero) is 1. The molecule has 1 aliphatic rings. The Morgan fingerprint density at radius 2 is 1.24 bits per heavy atom. The van der Waals surface area contributed by atoms with Gasteiger partial charge in [-0.1, -0.05) is 127 Å². The molecule has 2 unspecified atom stereocenters. The standard InChI is InChI=1S/C67H76N8O13S/c1-47-41-55(87-36-16-27-59(76)68-30-17-34-84-37-39-86-40-38-85-35-18-31-70-66(81)88-46-50-19-8-4-9-20-50)42-48(2)62(47)89(82,83)74-58(64(79)80)45-71-63(78)60-49(3)61(77)56-29-28-51(43-57(56)73-60)44-72-65-69-32-33-75(65)67(52-21-10-5-11-22-52,53-23-12-6-13-24-53)54-25-14-7-15-26-54/h4-15,19-26,28-29,32-33,41-43,49,58,74H,16-18,27,30-31,34-40,44-46H2,1-3H3,(H,68,76)(H,69,72)(H,70,81)(H,71,78)(H,79,80). The van der Waals surface area contributed by atoms with E-state index in [1.807, 2.05) is 97.2 Å². The number of nitrogens with zero attached hydrogens (tertiary/aromatic N) is 3. The van der Waals surface area contributed by atoms with Gasteiger partial charge in [-0.15, -0.1) is 0 Å². The van der Waals surface area contributed by atoms with Crippen LogP contribution in [0, 0.1) is 19.8 Å². The van der Waals surface area contributed by atoms with Crippen molar-refractivity contribution in [3.05, 3.63) is 209 Å². The zero-order chi connectivity index (χ0) is 63.0. The fourth-order valence-corrected chi connectivity index (χ4v) is 12.0. The first-order chi connectivity index (χ1) is 43.1. The van der Waals surface area contributed by atoms with E-state index in [4.69, 9.17) is 28.7 Å². The van der Waals surface area contributed by atoms with Crippen LogP contribution in [0.25, 0.3) is 0 Å². The third-order valence-corrected chi connectivity index (χ3v) is 16.5. The number of aromatic nitrogens is 2. The number of alkyl carbamates (subject to hydrolysis) is 1. The van der Waals surface area contributed by atoms with Gasteiger partial charge in [-0.25, -0.2) is 23.2 Å². The quantitative estimate of drug-likeness (QED) is 0.0161. The van der Waals surface area contributed by atoms with Crippen LogP contribution in [-0.4, -0.2) is 130 Å². The van der Waals surface area contributed by atoms with Crippen molar-refractivity contribution < 1.29 is 61.2 Å². The largest absolute Gasteiger partial charge is 0.494 e. The second-order valence-corrected chi connectivity index (χ2v) is 22.8. The number of carboxylic acids is 1. The number of sulfonamides is 1. The molecule has 0 spiro atoms. The van der Waals surface area contributed by atoms with Crippen LogP contribution in [0.3, 0.4) is 0 Å². The lowest BCUT2D eigenvalue weighted by Gasteiger charge is -2.38. The number of imidazole rings is 1. The van der Waals surface area contributed by atoms with E-state index in [-0.39, 0.29) is 65.3 Å². The Balaban J connectivity index is 0.749. The van der Waals surface area contributed by atoms with Crippen molar-refractivity contribution in [2.24, 2.45) is 10.9 Å². The lowest BCUT2D eigenvalue weighted by atomic mass is 9.76. The summed E-state index contributed by atoms with van der Waals surface area (Å²) in [5, 5.41) is 21.7. The van der Waals surface area contributed by atoms with Crippen molar-refractivity contribution in [3.8, 4) is 5.75 Å². The number of rotatable bonds is 35. The van der Waals surface area contributed by atoms with Gasteiger partial charge in [0.1, 0.15) is 29.6 Å². The lowest BCUT2D eigenvalue weighted by molar-refractivity contribution is -0.138. The molecule has 0 bridgehead atoms. The van der Waals surface area contributed by atoms with Crippen LogP contribution < -0.4 is 30.7 Å². The van der Waals surface area contributed by atoms with Gasteiger partial charge < -0.3 is 50.1 Å². The minimum atomic E-state index is -4.48. The highest BCUT2D eigenvalue weighted by atomic mass is 32.2. The first-order valence-electron chi connectivity index (χ1n) is 29.6. The zero-order valence-corrected chi connectivity index (χ0v) is 51.0. The average Bonchev–Trinajstić information content (AvgIpc) is 1.88. The highest BCUT2D eigenvalue weighted by Crippen LogP contribution is 2.42. The summed E-state index contributed by atoms with van der Waals surface area (Å²) in [4.78, 5) is 73.6. The van der Waals surface area contributed by atoms with Gasteiger partial charge in [0.25, 0.3) is 5.91 Å². The maximum Gasteiger partial charge on any atom is 0.407 e. The van der Waals surface area contributed by atoms with E-state index < -0.39 is 52.0 Å². The molecule has 1 aliphatic heterocycles. The first kappa shape index (κ1) is 65.9. The number of carbonyl (C=O) groups excluding carboxylic acids is 4. The van der Waals surface area contributed by atoms with Gasteiger partial charge in [-0.3, -0.25) is 23.7 Å². The molecule has 0 saturated heterocycles. The first-order valence-corrected chi connectivity index (χ1v) is 31.1. The number of ketones is 1. The predicted octanol–water partition coefficient (Wildman–Crippen LogP) is 8.44. The summed E-state index contributed by atoms with van der Waals surface area (Å²) in [6, 6.07) is 46.4. The Hall–Kier alpha value is -9.06. The number of hydrogen-bond acceptors (Lipinski definition) is 15. The van der Waals surface area contributed by atoms with Crippen LogP contribution in [0.5, 0.6) is 5.75 Å². The summed E-state index contributed by atoms with van der Waals surface area (Å²) < 4.78 is 59.7. The molecule has 22 heteroatoms. The Morgan fingerprint density at radius 3 is 1.82 bits per heavy atom. The van der Waals surface area contributed by atoms with Gasteiger partial charge in [-0.2, -0.15) is 4.72 Å². The number of ether oxygens (including phenoxy) is 5. The zero-order valence-electron chi connectivity index (χ0n) is 50.2. The topological polar surface area (TPSA) is 276 Å². The number of nitrogens with one attached hydrogen (secondary N) is 5. The second kappa shape index (κ2) is 32.8. The number of hydrogen-bond donors (Lipinski definition) is 6. The number of amides is 3. The molecule has 0 aliphatic carbocycles. The van der Waals surface area contributed by atoms with Gasteiger partial charge in [0.2, 0.25) is 21.9 Å². The summed E-state index contributed by atoms with van der Waals surface area (Å²) in [6.07, 6.45) is 5.03. The average molecular weight is 1230 g/mol. The molecule has 0 fully saturated rings. The van der Waals surface area contributed by atoms with Crippen LogP contribution in [0.15, 0.2) is 174 Å². The number of aliphatic imine (C=N–C) groups is 1. The summed E-state index contributed by atoms with van der Waals surface area (Å²) >= 11 is 0. The van der Waals surface area contributed by atoms with E-state index in [0.29, 0.717) is 89.3 Å². The molecule has 0 radical (unpaired) electrons. The molecule has 3 amide bonds. The molecule has 6 N–H and O–H groups in total. The van der Waals surface area contributed by atoms with Crippen LogP contribution in [0.4, 0.5) is 16.4 Å². The van der Waals surface area contributed by atoms with Gasteiger partial charge in [0.05, 0.1) is 49.5 Å². The molecule has 89 heavy (non-hydrogen) atoms. The van der Waals surface area contributed by atoms with Crippen LogP contribution in [0.2, 0.25) is 0 Å². The highest BCUT2D eigenvalue weighted by Gasteiger charge is 2.40. The molecule has 7 aromatic rings. The van der Waals surface area contributed by atoms with Crippen molar-refractivity contribution in [3.63, 3.8) is 0 Å². The number of fused-ring (bicyclic) bond motifs is 1. The predicted molar refractivity (Wildman–Crippen MR) is 336 cm³/mol. The van der Waals surface area contributed by atoms with Gasteiger partial charge in [-0.05, 0) is 103 Å². The second-order valence-electron chi connectivity index (χ2n) is 21.2. The number of benzene rings is 6. The van der Waals surface area contributed by atoms with Crippen molar-refractivity contribution in [1.29, 1.82) is 0 Å². The maximum atomic E-state index is 13.9. The molecule has 0 saturated carbocycles. The van der Waals surface area contributed by atoms with Crippen molar-refractivity contribution >= 4 is 57.0 Å². The molecule has 2 heterocycles. The Kier molecular flexibility index (Phi) is 24.3. The van der Waals surface area contributed by atoms with E-state index in [1.54, 1.807) is 32.2 Å². The summed E-state index contributed by atoms with van der Waals surface area (Å²) in [5.41, 5.74) is 4.81. The molecule has 468 valence electrons. The minimum absolute atomic E-state index is 0.157. The third kappa shape index (κ3) is 18.0. The summed E-state index contributed by atoms with van der Waals surface area (Å²) in [7, 11) is -4.48. The number of anilines is 1. The fraction of sp³-hybridized carbons (Fsp3) is 0.328. The number of aliphatic carboxylic acids is 1. The Bertz CT molecular complexity index is 3510. The van der Waals surface area contributed by atoms with E-state index in [2.05, 4.69) is 71.9 Å². The number of carboxylic acid groups (broad SMARTS) is 1. The van der Waals surface area contributed by atoms with Crippen LogP contribution in [-0.2, 0) is 62.0 Å². The van der Waals surface area contributed by atoms with Crippen molar-refractivity contribution in [1.82, 2.24) is 30.2 Å². The number of carbonyl (C=O) groups is 5. The van der Waals surface area contributed by atoms with Crippen molar-refractivity contribution in [2.75, 3.05) is 71.2 Å². The van der Waals surface area contributed by atoms with E-state index in [0.717, 1.165) is 27.8 Å². The number of aryl methyl sites for hydroxylation is 2. The maximum absolute atomic E-state index is 13.9. The molecular formula is C67H76N8O13S. The molecule has 21 nitrogen and oxygen atoms in total. The third-order valence-electron chi connectivity index (χ3n) is 14.7. The molecule has 6 aromatic carbocycles. The smallest absolute Gasteiger partial charge is 0.407 e. The van der Waals surface area contributed by atoms with Gasteiger partial charge >= 0.3 is 12.1 Å². The molecule has 8 rings (SSSR count). The fourth-order valence-electron chi connectivity index (χ4n) is 10.4. The minimum Gasteiger partial charge on any atom is -0.494 e. The molecule has 2 atom stereocenters. The molecule has 1 aromatic heterocycles. The van der Waals surface area contributed by atoms with E-state index >= 15 is 0 Å². The monoisotopic (exact) mass is 1230 g/mol. The summed E-state index contributed by atoms with van der Waals surface area (Å²) in [6.45, 7) is 7.99. The Morgan fingerprint density at radius 1 is 0.674 bits per heavy atom. The highest BCUT2D eigenvalue weighted by molar-refractivity contribution is 7.89. The summed E-state index contributed by atoms with van der Waals surface area (Å²) in [5.74, 6) is -2.97. The van der Waals surface area contributed by atoms with Crippen LogP contribution >= 0.6 is 0 Å².